The summed E-state index contributed by atoms with van der Waals surface area (Å²) in [6, 6.07) is 11.3. The molecule has 0 spiro atoms. The van der Waals surface area contributed by atoms with Crippen LogP contribution >= 0.6 is 23.8 Å². The van der Waals surface area contributed by atoms with Crippen LogP contribution in [0.1, 0.15) is 11.1 Å². The minimum Gasteiger partial charge on any atom is -0.497 e. The Bertz CT molecular complexity index is 796. The number of hydrazone groups is 1. The van der Waals surface area contributed by atoms with Gasteiger partial charge in [-0.05, 0) is 47.6 Å². The second-order valence-electron chi connectivity index (χ2n) is 5.14. The van der Waals surface area contributed by atoms with Gasteiger partial charge in [-0.3, -0.25) is 5.43 Å². The van der Waals surface area contributed by atoms with Crippen molar-refractivity contribution in [1.82, 2.24) is 10.7 Å². The number of hydrogen-bond donors (Lipinski definition) is 2. The van der Waals surface area contributed by atoms with Gasteiger partial charge in [0.1, 0.15) is 5.75 Å². The van der Waals surface area contributed by atoms with Crippen LogP contribution in [0.5, 0.6) is 17.2 Å². The van der Waals surface area contributed by atoms with Gasteiger partial charge in [0.05, 0.1) is 18.3 Å². The lowest BCUT2D eigenvalue weighted by molar-refractivity contribution is 0.174. The van der Waals surface area contributed by atoms with Crippen LogP contribution in [0.15, 0.2) is 41.5 Å². The SMILES string of the molecule is COc1ccc(CNC(=S)N/N=C\c2cc(Cl)c3c(c2)OCO3)cc1. The lowest BCUT2D eigenvalue weighted by atomic mass is 10.2. The zero-order valence-electron chi connectivity index (χ0n) is 13.4. The van der Waals surface area contributed by atoms with Crippen molar-refractivity contribution in [3.8, 4) is 17.2 Å². The molecular weight excluding hydrogens is 362 g/mol. The van der Waals surface area contributed by atoms with E-state index in [1.54, 1.807) is 25.5 Å². The van der Waals surface area contributed by atoms with Crippen molar-refractivity contribution in [3.05, 3.63) is 52.5 Å². The second-order valence-corrected chi connectivity index (χ2v) is 5.95. The van der Waals surface area contributed by atoms with Crippen molar-refractivity contribution in [1.29, 1.82) is 0 Å². The molecule has 2 N–H and O–H groups in total. The highest BCUT2D eigenvalue weighted by Gasteiger charge is 2.17. The molecule has 2 aromatic carbocycles. The summed E-state index contributed by atoms with van der Waals surface area (Å²) in [5, 5.41) is 8.06. The van der Waals surface area contributed by atoms with E-state index in [2.05, 4.69) is 15.8 Å². The maximum Gasteiger partial charge on any atom is 0.231 e. The zero-order valence-corrected chi connectivity index (χ0v) is 15.0. The monoisotopic (exact) mass is 377 g/mol. The van der Waals surface area contributed by atoms with Gasteiger partial charge in [-0.25, -0.2) is 0 Å². The summed E-state index contributed by atoms with van der Waals surface area (Å²) < 4.78 is 15.7. The second kappa shape index (κ2) is 8.04. The predicted molar refractivity (Wildman–Crippen MR) is 101 cm³/mol. The van der Waals surface area contributed by atoms with Crippen LogP contribution in [0, 0.1) is 0 Å². The highest BCUT2D eigenvalue weighted by Crippen LogP contribution is 2.39. The number of nitrogens with zero attached hydrogens (tertiary/aromatic N) is 1. The number of ether oxygens (including phenoxy) is 3. The highest BCUT2D eigenvalue weighted by molar-refractivity contribution is 7.80. The van der Waals surface area contributed by atoms with Gasteiger partial charge in [0.2, 0.25) is 6.79 Å². The molecule has 0 atom stereocenters. The third-order valence-corrected chi connectivity index (χ3v) is 3.96. The molecule has 1 aliphatic heterocycles. The van der Waals surface area contributed by atoms with Crippen LogP contribution in [-0.2, 0) is 6.54 Å². The Morgan fingerprint density at radius 2 is 2.12 bits per heavy atom. The molecule has 1 aliphatic rings. The molecule has 25 heavy (non-hydrogen) atoms. The molecule has 0 unspecified atom stereocenters. The first kappa shape index (κ1) is 17.3. The van der Waals surface area contributed by atoms with Gasteiger partial charge in [-0.2, -0.15) is 5.10 Å². The zero-order chi connectivity index (χ0) is 17.6. The van der Waals surface area contributed by atoms with Crippen LogP contribution in [0.2, 0.25) is 5.02 Å². The minimum atomic E-state index is 0.174. The van der Waals surface area contributed by atoms with Crippen molar-refractivity contribution in [3.63, 3.8) is 0 Å². The predicted octanol–water partition coefficient (Wildman–Crippen LogP) is 3.08. The summed E-state index contributed by atoms with van der Waals surface area (Å²) in [7, 11) is 1.64. The molecule has 2 aromatic rings. The highest BCUT2D eigenvalue weighted by atomic mass is 35.5. The smallest absolute Gasteiger partial charge is 0.231 e. The van der Waals surface area contributed by atoms with Gasteiger partial charge in [0.25, 0.3) is 0 Å². The van der Waals surface area contributed by atoms with Gasteiger partial charge < -0.3 is 19.5 Å². The Kier molecular flexibility index (Phi) is 5.57. The Morgan fingerprint density at radius 3 is 2.88 bits per heavy atom. The van der Waals surface area contributed by atoms with Crippen molar-refractivity contribution in [2.24, 2.45) is 5.10 Å². The number of methoxy groups -OCH3 is 1. The van der Waals surface area contributed by atoms with E-state index in [4.69, 9.17) is 38.0 Å². The molecule has 0 aromatic heterocycles. The van der Waals surface area contributed by atoms with Gasteiger partial charge in [-0.1, -0.05) is 23.7 Å². The number of hydrogen-bond acceptors (Lipinski definition) is 5. The van der Waals surface area contributed by atoms with Crippen LogP contribution in [0.25, 0.3) is 0 Å². The molecule has 0 saturated carbocycles. The molecule has 0 bridgehead atoms. The number of thiocarbonyl (C=S) groups is 1. The van der Waals surface area contributed by atoms with E-state index in [1.807, 2.05) is 24.3 Å². The van der Waals surface area contributed by atoms with E-state index in [0.717, 1.165) is 16.9 Å². The number of halogens is 1. The van der Waals surface area contributed by atoms with E-state index in [-0.39, 0.29) is 6.79 Å². The Morgan fingerprint density at radius 1 is 1.32 bits per heavy atom. The van der Waals surface area contributed by atoms with Gasteiger partial charge in [-0.15, -0.1) is 0 Å². The Balaban J connectivity index is 1.50. The lowest BCUT2D eigenvalue weighted by Gasteiger charge is -2.07. The molecule has 1 heterocycles. The van der Waals surface area contributed by atoms with Crippen LogP contribution in [0.3, 0.4) is 0 Å². The Hall–Kier alpha value is -2.51. The normalized spacial score (nSPS) is 12.2. The van der Waals surface area contributed by atoms with E-state index in [1.165, 1.54) is 0 Å². The molecule has 0 radical (unpaired) electrons. The van der Waals surface area contributed by atoms with Gasteiger partial charge in [0, 0.05) is 6.54 Å². The van der Waals surface area contributed by atoms with Gasteiger partial charge in [0.15, 0.2) is 16.6 Å². The van der Waals surface area contributed by atoms with Crippen molar-refractivity contribution in [2.45, 2.75) is 6.54 Å². The average Bonchev–Trinajstić information content (AvgIpc) is 3.09. The van der Waals surface area contributed by atoms with Gasteiger partial charge >= 0.3 is 0 Å². The molecule has 3 rings (SSSR count). The van der Waals surface area contributed by atoms with Crippen LogP contribution in [0.4, 0.5) is 0 Å². The fraction of sp³-hybridized carbons (Fsp3) is 0.176. The topological polar surface area (TPSA) is 64.1 Å². The summed E-state index contributed by atoms with van der Waals surface area (Å²) in [6.45, 7) is 0.758. The van der Waals surface area contributed by atoms with E-state index < -0.39 is 0 Å². The first-order valence-corrected chi connectivity index (χ1v) is 8.23. The summed E-state index contributed by atoms with van der Waals surface area (Å²) in [5.41, 5.74) is 4.62. The quantitative estimate of drug-likeness (QED) is 0.474. The average molecular weight is 378 g/mol. The summed E-state index contributed by atoms with van der Waals surface area (Å²) >= 11 is 11.3. The molecular formula is C17H16ClN3O3S. The fourth-order valence-electron chi connectivity index (χ4n) is 2.19. The van der Waals surface area contributed by atoms with E-state index >= 15 is 0 Å². The first-order valence-electron chi connectivity index (χ1n) is 7.44. The van der Waals surface area contributed by atoms with E-state index in [9.17, 15) is 0 Å². The standard InChI is InChI=1S/C17H16ClN3O3S/c1-22-13-4-2-11(3-5-13)8-19-17(25)21-20-9-12-6-14(18)16-15(7-12)23-10-24-16/h2-7,9H,8,10H2,1H3,(H2,19,21,25)/b20-9-. The minimum absolute atomic E-state index is 0.174. The third-order valence-electron chi connectivity index (χ3n) is 3.44. The summed E-state index contributed by atoms with van der Waals surface area (Å²) in [5.74, 6) is 1.98. The number of benzene rings is 2. The molecule has 0 fully saturated rings. The lowest BCUT2D eigenvalue weighted by Crippen LogP contribution is -2.31. The maximum atomic E-state index is 6.12. The van der Waals surface area contributed by atoms with Crippen molar-refractivity contribution in [2.75, 3.05) is 13.9 Å². The third kappa shape index (κ3) is 4.52. The van der Waals surface area contributed by atoms with Crippen LogP contribution in [-0.4, -0.2) is 25.2 Å². The maximum absolute atomic E-state index is 6.12. The largest absolute Gasteiger partial charge is 0.497 e. The molecule has 130 valence electrons. The molecule has 0 saturated heterocycles. The van der Waals surface area contributed by atoms with E-state index in [0.29, 0.717) is 28.2 Å². The van der Waals surface area contributed by atoms with Crippen molar-refractivity contribution >= 4 is 35.1 Å². The summed E-state index contributed by atoms with van der Waals surface area (Å²) in [4.78, 5) is 0. The fourth-order valence-corrected chi connectivity index (χ4v) is 2.59. The summed E-state index contributed by atoms with van der Waals surface area (Å²) in [6.07, 6.45) is 1.61. The van der Waals surface area contributed by atoms with Crippen LogP contribution < -0.4 is 25.0 Å². The molecule has 8 heteroatoms. The number of nitrogens with one attached hydrogen (secondary N) is 2. The Labute approximate surface area is 155 Å². The molecule has 0 aliphatic carbocycles. The molecule has 0 amide bonds. The number of rotatable bonds is 5. The van der Waals surface area contributed by atoms with Crippen molar-refractivity contribution < 1.29 is 14.2 Å². The molecule has 6 nitrogen and oxygen atoms in total. The number of fused-ring (bicyclic) bond motifs is 1. The first-order chi connectivity index (χ1) is 12.2.